The summed E-state index contributed by atoms with van der Waals surface area (Å²) in [4.78, 5) is 25.7. The standard InChI is InChI=1S/C22H33N5O3.HI/c1-23-22(25-15-18-4-7-24-20(14-18)30-16-17-2-3-17)27-8-5-19(6-9-27)21(28)26-10-12-29-13-11-26;/h4,7,14,17,19H,2-3,5-6,8-13,15-16H2,1H3,(H,23,25);1H. The van der Waals surface area contributed by atoms with E-state index < -0.39 is 0 Å². The molecule has 1 aromatic rings. The van der Waals surface area contributed by atoms with E-state index in [2.05, 4.69) is 20.2 Å². The summed E-state index contributed by atoms with van der Waals surface area (Å²) in [5, 5.41) is 3.45. The molecular formula is C22H34IN5O3. The van der Waals surface area contributed by atoms with Crippen LogP contribution in [-0.4, -0.2) is 79.7 Å². The van der Waals surface area contributed by atoms with Crippen LogP contribution in [0.2, 0.25) is 0 Å². The van der Waals surface area contributed by atoms with E-state index in [1.807, 2.05) is 24.1 Å². The van der Waals surface area contributed by atoms with Gasteiger partial charge in [0.2, 0.25) is 11.8 Å². The molecule has 2 saturated heterocycles. The van der Waals surface area contributed by atoms with Gasteiger partial charge in [-0.3, -0.25) is 9.79 Å². The number of halogens is 1. The molecule has 8 nitrogen and oxygen atoms in total. The highest BCUT2D eigenvalue weighted by Crippen LogP contribution is 2.29. The van der Waals surface area contributed by atoms with E-state index in [-0.39, 0.29) is 35.8 Å². The fourth-order valence-electron chi connectivity index (χ4n) is 4.02. The maximum Gasteiger partial charge on any atom is 0.225 e. The second-order valence-electron chi connectivity index (χ2n) is 8.36. The Labute approximate surface area is 201 Å². The molecule has 31 heavy (non-hydrogen) atoms. The lowest BCUT2D eigenvalue weighted by Gasteiger charge is -2.36. The molecule has 2 aliphatic heterocycles. The highest BCUT2D eigenvalue weighted by atomic mass is 127. The molecule has 1 saturated carbocycles. The number of nitrogens with one attached hydrogen (secondary N) is 1. The summed E-state index contributed by atoms with van der Waals surface area (Å²) in [6.07, 6.45) is 6.07. The highest BCUT2D eigenvalue weighted by Gasteiger charge is 2.30. The summed E-state index contributed by atoms with van der Waals surface area (Å²) in [7, 11) is 1.81. The van der Waals surface area contributed by atoms with E-state index in [0.29, 0.717) is 31.6 Å². The van der Waals surface area contributed by atoms with Crippen LogP contribution < -0.4 is 10.1 Å². The first kappa shape index (κ1) is 24.0. The first-order chi connectivity index (χ1) is 14.7. The number of amides is 1. The molecule has 0 bridgehead atoms. The van der Waals surface area contributed by atoms with Gasteiger partial charge in [0.05, 0.1) is 19.8 Å². The van der Waals surface area contributed by atoms with Gasteiger partial charge in [0.15, 0.2) is 5.96 Å². The Hall–Kier alpha value is -1.62. The molecule has 172 valence electrons. The van der Waals surface area contributed by atoms with Crippen LogP contribution in [0.25, 0.3) is 0 Å². The SMILES string of the molecule is CN=C(NCc1ccnc(OCC2CC2)c1)N1CCC(C(=O)N2CCOCC2)CC1.I. The summed E-state index contributed by atoms with van der Waals surface area (Å²) in [5.41, 5.74) is 1.12. The average molecular weight is 543 g/mol. The van der Waals surface area contributed by atoms with Gasteiger partial charge in [0.25, 0.3) is 0 Å². The van der Waals surface area contributed by atoms with E-state index in [0.717, 1.165) is 57.2 Å². The van der Waals surface area contributed by atoms with Gasteiger partial charge in [-0.1, -0.05) is 0 Å². The number of carbonyl (C=O) groups excluding carboxylic acids is 1. The number of pyridine rings is 1. The molecule has 1 N–H and O–H groups in total. The summed E-state index contributed by atoms with van der Waals surface area (Å²) >= 11 is 0. The molecule has 4 rings (SSSR count). The third-order valence-corrected chi connectivity index (χ3v) is 6.09. The zero-order chi connectivity index (χ0) is 20.8. The molecule has 1 amide bonds. The fraction of sp³-hybridized carbons (Fsp3) is 0.682. The number of aliphatic imine (C=N–C) groups is 1. The third-order valence-electron chi connectivity index (χ3n) is 6.09. The number of likely N-dealkylation sites (tertiary alicyclic amines) is 1. The number of nitrogens with zero attached hydrogens (tertiary/aromatic N) is 4. The largest absolute Gasteiger partial charge is 0.477 e. The summed E-state index contributed by atoms with van der Waals surface area (Å²) < 4.78 is 11.1. The molecule has 1 aliphatic carbocycles. The van der Waals surface area contributed by atoms with Crippen molar-refractivity contribution in [3.63, 3.8) is 0 Å². The Kier molecular flexibility index (Phi) is 9.18. The van der Waals surface area contributed by atoms with Crippen molar-refractivity contribution in [3.8, 4) is 5.88 Å². The van der Waals surface area contributed by atoms with Crippen LogP contribution in [0, 0.1) is 11.8 Å². The number of morpholine rings is 1. The van der Waals surface area contributed by atoms with Crippen molar-refractivity contribution in [1.29, 1.82) is 0 Å². The zero-order valence-corrected chi connectivity index (χ0v) is 20.6. The number of aromatic nitrogens is 1. The predicted molar refractivity (Wildman–Crippen MR) is 130 cm³/mol. The third kappa shape index (κ3) is 6.93. The van der Waals surface area contributed by atoms with Crippen molar-refractivity contribution >= 4 is 35.8 Å². The molecule has 0 spiro atoms. The van der Waals surface area contributed by atoms with Gasteiger partial charge in [-0.2, -0.15) is 0 Å². The average Bonchev–Trinajstić information content (AvgIpc) is 3.64. The van der Waals surface area contributed by atoms with Crippen LogP contribution in [0.1, 0.15) is 31.2 Å². The lowest BCUT2D eigenvalue weighted by Crippen LogP contribution is -2.49. The predicted octanol–water partition coefficient (Wildman–Crippen LogP) is 2.13. The van der Waals surface area contributed by atoms with Crippen molar-refractivity contribution < 1.29 is 14.3 Å². The number of hydrogen-bond acceptors (Lipinski definition) is 5. The van der Waals surface area contributed by atoms with Crippen LogP contribution in [0.3, 0.4) is 0 Å². The summed E-state index contributed by atoms with van der Waals surface area (Å²) in [6, 6.07) is 3.99. The summed E-state index contributed by atoms with van der Waals surface area (Å²) in [5.74, 6) is 2.69. The minimum atomic E-state index is 0. The maximum atomic E-state index is 12.7. The zero-order valence-electron chi connectivity index (χ0n) is 18.3. The monoisotopic (exact) mass is 543 g/mol. The van der Waals surface area contributed by atoms with Gasteiger partial charge in [-0.15, -0.1) is 24.0 Å². The van der Waals surface area contributed by atoms with Crippen molar-refractivity contribution in [2.24, 2.45) is 16.8 Å². The van der Waals surface area contributed by atoms with Gasteiger partial charge in [-0.05, 0) is 43.2 Å². The molecule has 0 aromatic carbocycles. The van der Waals surface area contributed by atoms with Gasteiger partial charge >= 0.3 is 0 Å². The highest BCUT2D eigenvalue weighted by molar-refractivity contribution is 14.0. The number of guanidine groups is 1. The molecule has 0 atom stereocenters. The molecule has 3 heterocycles. The van der Waals surface area contributed by atoms with E-state index in [4.69, 9.17) is 9.47 Å². The normalized spacial score (nSPS) is 20.2. The van der Waals surface area contributed by atoms with Gasteiger partial charge in [0.1, 0.15) is 0 Å². The Bertz CT molecular complexity index is 744. The van der Waals surface area contributed by atoms with Crippen molar-refractivity contribution in [2.75, 3.05) is 53.0 Å². The molecule has 9 heteroatoms. The Morgan fingerprint density at radius 2 is 1.94 bits per heavy atom. The molecule has 0 unspecified atom stereocenters. The Balaban J connectivity index is 0.00000272. The molecule has 3 aliphatic rings. The minimum absolute atomic E-state index is 0. The Morgan fingerprint density at radius 3 is 2.61 bits per heavy atom. The van der Waals surface area contributed by atoms with Crippen molar-refractivity contribution in [2.45, 2.75) is 32.2 Å². The quantitative estimate of drug-likeness (QED) is 0.337. The smallest absolute Gasteiger partial charge is 0.225 e. The van der Waals surface area contributed by atoms with Crippen molar-refractivity contribution in [1.82, 2.24) is 20.1 Å². The van der Waals surface area contributed by atoms with Gasteiger partial charge in [0, 0.05) is 58.0 Å². The minimum Gasteiger partial charge on any atom is -0.477 e. The van der Waals surface area contributed by atoms with Crippen molar-refractivity contribution in [3.05, 3.63) is 23.9 Å². The number of ether oxygens (including phenoxy) is 2. The molecule has 1 aromatic heterocycles. The number of carbonyl (C=O) groups is 1. The van der Waals surface area contributed by atoms with E-state index in [9.17, 15) is 4.79 Å². The first-order valence-corrected chi connectivity index (χ1v) is 11.1. The Morgan fingerprint density at radius 1 is 1.19 bits per heavy atom. The van der Waals surface area contributed by atoms with Crippen LogP contribution in [0.15, 0.2) is 23.3 Å². The summed E-state index contributed by atoms with van der Waals surface area (Å²) in [6.45, 7) is 5.87. The van der Waals surface area contributed by atoms with Gasteiger partial charge in [-0.25, -0.2) is 4.98 Å². The van der Waals surface area contributed by atoms with Crippen LogP contribution in [0.5, 0.6) is 5.88 Å². The number of hydrogen-bond donors (Lipinski definition) is 1. The first-order valence-electron chi connectivity index (χ1n) is 11.1. The second-order valence-corrected chi connectivity index (χ2v) is 8.36. The lowest BCUT2D eigenvalue weighted by atomic mass is 9.95. The molecule has 0 radical (unpaired) electrons. The molecule has 3 fully saturated rings. The maximum absolute atomic E-state index is 12.7. The second kappa shape index (κ2) is 11.8. The fourth-order valence-corrected chi connectivity index (χ4v) is 4.02. The lowest BCUT2D eigenvalue weighted by molar-refractivity contribution is -0.140. The van der Waals surface area contributed by atoms with Gasteiger partial charge < -0.3 is 24.6 Å². The van der Waals surface area contributed by atoms with E-state index >= 15 is 0 Å². The van der Waals surface area contributed by atoms with E-state index in [1.54, 1.807) is 6.20 Å². The topological polar surface area (TPSA) is 79.3 Å². The van der Waals surface area contributed by atoms with E-state index in [1.165, 1.54) is 12.8 Å². The van der Waals surface area contributed by atoms with Crippen LogP contribution in [0.4, 0.5) is 0 Å². The van der Waals surface area contributed by atoms with Crippen LogP contribution in [-0.2, 0) is 16.1 Å². The number of piperidine rings is 1. The number of rotatable bonds is 6. The molecular weight excluding hydrogens is 509 g/mol. The van der Waals surface area contributed by atoms with Crippen LogP contribution >= 0.6 is 24.0 Å².